The molecular formula is C14H17N3O2S. The smallest absolute Gasteiger partial charge is 0.253 e. The Kier molecular flexibility index (Phi) is 4.68. The van der Waals surface area contributed by atoms with Crippen LogP contribution in [0.2, 0.25) is 0 Å². The standard InChI is InChI=1S/C14H17N3O2S/c15-13(20)9-11-2-1-3-12(8-11)14(19)17-6-4-16(10-18)5-7-17/h1-3,8,10H,4-7,9H2,(H2,15,20). The summed E-state index contributed by atoms with van der Waals surface area (Å²) in [6.45, 7) is 2.30. The van der Waals surface area contributed by atoms with Crippen LogP contribution in [-0.4, -0.2) is 53.3 Å². The highest BCUT2D eigenvalue weighted by Gasteiger charge is 2.21. The number of benzene rings is 1. The first-order valence-electron chi connectivity index (χ1n) is 6.46. The van der Waals surface area contributed by atoms with Crippen LogP contribution in [0, 0.1) is 0 Å². The summed E-state index contributed by atoms with van der Waals surface area (Å²) in [7, 11) is 0. The zero-order chi connectivity index (χ0) is 14.5. The van der Waals surface area contributed by atoms with Crippen molar-refractivity contribution in [3.05, 3.63) is 35.4 Å². The maximum absolute atomic E-state index is 12.4. The molecule has 1 heterocycles. The number of carbonyl (C=O) groups is 2. The van der Waals surface area contributed by atoms with Gasteiger partial charge in [0.15, 0.2) is 0 Å². The number of thiocarbonyl (C=S) groups is 1. The fourth-order valence-electron chi connectivity index (χ4n) is 2.23. The average molecular weight is 291 g/mol. The number of amides is 2. The van der Waals surface area contributed by atoms with Gasteiger partial charge in [-0.15, -0.1) is 0 Å². The Balaban J connectivity index is 2.05. The highest BCUT2D eigenvalue weighted by atomic mass is 32.1. The Labute approximate surface area is 123 Å². The van der Waals surface area contributed by atoms with Gasteiger partial charge in [-0.05, 0) is 17.7 Å². The van der Waals surface area contributed by atoms with Gasteiger partial charge < -0.3 is 15.5 Å². The lowest BCUT2D eigenvalue weighted by Crippen LogP contribution is -2.48. The normalized spacial score (nSPS) is 15.0. The minimum Gasteiger partial charge on any atom is -0.393 e. The minimum atomic E-state index is -0.0136. The van der Waals surface area contributed by atoms with Gasteiger partial charge >= 0.3 is 0 Å². The first kappa shape index (κ1) is 14.5. The van der Waals surface area contributed by atoms with Crippen LogP contribution in [0.3, 0.4) is 0 Å². The molecule has 20 heavy (non-hydrogen) atoms. The highest BCUT2D eigenvalue weighted by molar-refractivity contribution is 7.80. The van der Waals surface area contributed by atoms with Gasteiger partial charge in [0.25, 0.3) is 5.91 Å². The maximum atomic E-state index is 12.4. The second-order valence-corrected chi connectivity index (χ2v) is 5.30. The molecule has 1 fully saturated rings. The third-order valence-corrected chi connectivity index (χ3v) is 3.45. The van der Waals surface area contributed by atoms with Crippen molar-refractivity contribution < 1.29 is 9.59 Å². The van der Waals surface area contributed by atoms with Crippen LogP contribution in [0.1, 0.15) is 15.9 Å². The molecule has 0 aromatic heterocycles. The molecule has 0 bridgehead atoms. The monoisotopic (exact) mass is 291 g/mol. The number of hydrogen-bond donors (Lipinski definition) is 1. The Morgan fingerprint density at radius 3 is 2.60 bits per heavy atom. The van der Waals surface area contributed by atoms with Crippen molar-refractivity contribution in [1.29, 1.82) is 0 Å². The lowest BCUT2D eigenvalue weighted by Gasteiger charge is -2.32. The summed E-state index contributed by atoms with van der Waals surface area (Å²) >= 11 is 4.88. The van der Waals surface area contributed by atoms with Gasteiger partial charge in [0.05, 0.1) is 4.99 Å². The van der Waals surface area contributed by atoms with E-state index in [1.54, 1.807) is 15.9 Å². The molecule has 2 rings (SSSR count). The predicted molar refractivity (Wildman–Crippen MR) is 80.5 cm³/mol. The van der Waals surface area contributed by atoms with E-state index < -0.39 is 0 Å². The van der Waals surface area contributed by atoms with Crippen molar-refractivity contribution in [2.75, 3.05) is 26.2 Å². The van der Waals surface area contributed by atoms with Crippen LogP contribution in [0.5, 0.6) is 0 Å². The Morgan fingerprint density at radius 2 is 2.00 bits per heavy atom. The molecule has 5 nitrogen and oxygen atoms in total. The van der Waals surface area contributed by atoms with Crippen molar-refractivity contribution in [3.8, 4) is 0 Å². The Hall–Kier alpha value is -1.95. The molecule has 0 aliphatic carbocycles. The summed E-state index contributed by atoms with van der Waals surface area (Å²) < 4.78 is 0. The minimum absolute atomic E-state index is 0.0136. The van der Waals surface area contributed by atoms with Gasteiger partial charge in [0, 0.05) is 38.2 Å². The second-order valence-electron chi connectivity index (χ2n) is 4.78. The van der Waals surface area contributed by atoms with Crippen molar-refractivity contribution in [2.24, 2.45) is 5.73 Å². The molecule has 1 aromatic carbocycles. The van der Waals surface area contributed by atoms with Crippen LogP contribution >= 0.6 is 12.2 Å². The molecular weight excluding hydrogens is 274 g/mol. The molecule has 0 unspecified atom stereocenters. The van der Waals surface area contributed by atoms with Crippen molar-refractivity contribution in [2.45, 2.75) is 6.42 Å². The zero-order valence-electron chi connectivity index (χ0n) is 11.1. The van der Waals surface area contributed by atoms with E-state index in [9.17, 15) is 9.59 Å². The van der Waals surface area contributed by atoms with Crippen LogP contribution in [0.15, 0.2) is 24.3 Å². The van der Waals surface area contributed by atoms with Crippen LogP contribution in [0.4, 0.5) is 0 Å². The average Bonchev–Trinajstić information content (AvgIpc) is 2.46. The lowest BCUT2D eigenvalue weighted by molar-refractivity contribution is -0.119. The van der Waals surface area contributed by atoms with E-state index in [0.717, 1.165) is 12.0 Å². The van der Waals surface area contributed by atoms with E-state index in [-0.39, 0.29) is 5.91 Å². The predicted octanol–water partition coefficient (Wildman–Crippen LogP) is 0.429. The topological polar surface area (TPSA) is 66.6 Å². The number of rotatable bonds is 4. The van der Waals surface area contributed by atoms with Crippen molar-refractivity contribution in [3.63, 3.8) is 0 Å². The van der Waals surface area contributed by atoms with Gasteiger partial charge in [-0.1, -0.05) is 24.4 Å². The molecule has 0 spiro atoms. The zero-order valence-corrected chi connectivity index (χ0v) is 11.9. The quantitative estimate of drug-likeness (QED) is 0.645. The number of hydrogen-bond acceptors (Lipinski definition) is 3. The van der Waals surface area contributed by atoms with E-state index in [4.69, 9.17) is 18.0 Å². The molecule has 2 amide bonds. The molecule has 106 valence electrons. The summed E-state index contributed by atoms with van der Waals surface area (Å²) in [6, 6.07) is 7.36. The van der Waals surface area contributed by atoms with E-state index in [1.807, 2.05) is 18.2 Å². The van der Waals surface area contributed by atoms with Gasteiger partial charge in [-0.25, -0.2) is 0 Å². The molecule has 6 heteroatoms. The van der Waals surface area contributed by atoms with E-state index in [0.29, 0.717) is 43.2 Å². The molecule has 1 aromatic rings. The van der Waals surface area contributed by atoms with Gasteiger partial charge in [-0.3, -0.25) is 9.59 Å². The first-order chi connectivity index (χ1) is 9.60. The molecule has 0 radical (unpaired) electrons. The van der Waals surface area contributed by atoms with E-state index >= 15 is 0 Å². The summed E-state index contributed by atoms with van der Waals surface area (Å²) in [5.74, 6) is -0.0136. The summed E-state index contributed by atoms with van der Waals surface area (Å²) in [5, 5.41) is 0. The van der Waals surface area contributed by atoms with E-state index in [1.165, 1.54) is 0 Å². The number of nitrogens with zero attached hydrogens (tertiary/aromatic N) is 2. The van der Waals surface area contributed by atoms with E-state index in [2.05, 4.69) is 0 Å². The lowest BCUT2D eigenvalue weighted by atomic mass is 10.1. The summed E-state index contributed by atoms with van der Waals surface area (Å²) in [6.07, 6.45) is 1.32. The van der Waals surface area contributed by atoms with Crippen molar-refractivity contribution >= 4 is 29.5 Å². The van der Waals surface area contributed by atoms with Crippen molar-refractivity contribution in [1.82, 2.24) is 9.80 Å². The SMILES string of the molecule is NC(=S)Cc1cccc(C(=O)N2CCN(C=O)CC2)c1. The van der Waals surface area contributed by atoms with Gasteiger partial charge in [0.2, 0.25) is 6.41 Å². The Morgan fingerprint density at radius 1 is 1.30 bits per heavy atom. The summed E-state index contributed by atoms with van der Waals surface area (Å²) in [5.41, 5.74) is 7.10. The molecule has 0 atom stereocenters. The van der Waals surface area contributed by atoms with Crippen LogP contribution in [0.25, 0.3) is 0 Å². The van der Waals surface area contributed by atoms with Crippen LogP contribution < -0.4 is 5.73 Å². The largest absolute Gasteiger partial charge is 0.393 e. The molecule has 1 aliphatic heterocycles. The number of nitrogens with two attached hydrogens (primary N) is 1. The first-order valence-corrected chi connectivity index (χ1v) is 6.87. The second kappa shape index (κ2) is 6.47. The highest BCUT2D eigenvalue weighted by Crippen LogP contribution is 2.11. The maximum Gasteiger partial charge on any atom is 0.253 e. The molecule has 2 N–H and O–H groups in total. The molecule has 1 aliphatic rings. The fourth-order valence-corrected chi connectivity index (χ4v) is 2.40. The van der Waals surface area contributed by atoms with Gasteiger partial charge in [-0.2, -0.15) is 0 Å². The third-order valence-electron chi connectivity index (χ3n) is 3.30. The molecule has 0 saturated carbocycles. The Bertz CT molecular complexity index is 525. The number of piperazine rings is 1. The van der Waals surface area contributed by atoms with Gasteiger partial charge in [0.1, 0.15) is 0 Å². The molecule has 1 saturated heterocycles. The summed E-state index contributed by atoms with van der Waals surface area (Å²) in [4.78, 5) is 26.9. The van der Waals surface area contributed by atoms with Crippen LogP contribution in [-0.2, 0) is 11.2 Å². The fraction of sp³-hybridized carbons (Fsp3) is 0.357. The third kappa shape index (κ3) is 3.54. The number of carbonyl (C=O) groups excluding carboxylic acids is 2.